The number of aliphatic carboxylic acids is 1. The molecule has 0 fully saturated rings. The molecule has 0 aliphatic rings. The summed E-state index contributed by atoms with van der Waals surface area (Å²) in [5, 5.41) is 37.0. The van der Waals surface area contributed by atoms with Crippen LogP contribution in [0.3, 0.4) is 0 Å². The number of carbonyl (C=O) groups is 3. The minimum absolute atomic E-state index is 1.02. The molecule has 0 radical (unpaired) electrons. The number of aliphatic hydroxyl groups excluding tert-OH is 3. The third-order valence-corrected chi connectivity index (χ3v) is 3.02. The molecule has 0 aromatic carbocycles. The van der Waals surface area contributed by atoms with E-state index >= 15 is 0 Å². The number of aliphatic hydroxyl groups is 3. The summed E-state index contributed by atoms with van der Waals surface area (Å²) in [5.41, 5.74) is 0. The molecule has 4 N–H and O–H groups in total. The number of carboxylic acid groups (broad SMARTS) is 1. The van der Waals surface area contributed by atoms with Crippen molar-refractivity contribution in [2.75, 3.05) is 6.61 Å². The number of carbonyl (C=O) groups excluding carboxylic acids is 2. The number of hydrogen-bond donors (Lipinski definition) is 4. The Morgan fingerprint density at radius 2 is 1.35 bits per heavy atom. The number of esters is 2. The van der Waals surface area contributed by atoms with Crippen molar-refractivity contribution in [3.05, 3.63) is 0 Å². The molecule has 0 rings (SSSR count). The molecule has 0 unspecified atom stereocenters. The monoisotopic (exact) mass is 416 g/mol. The lowest BCUT2D eigenvalue weighted by Crippen LogP contribution is -2.53. The first-order valence-corrected chi connectivity index (χ1v) is 7.44. The Labute approximate surface area is 149 Å². The summed E-state index contributed by atoms with van der Waals surface area (Å²) in [6.07, 6.45) is -8.55. The van der Waals surface area contributed by atoms with Crippen LogP contribution in [-0.2, 0) is 23.9 Å². The van der Waals surface area contributed by atoms with Crippen LogP contribution in [0.25, 0.3) is 0 Å². The third-order valence-electron chi connectivity index (χ3n) is 2.31. The van der Waals surface area contributed by atoms with Crippen LogP contribution in [0.2, 0.25) is 0 Å². The zero-order valence-electron chi connectivity index (χ0n) is 11.0. The van der Waals surface area contributed by atoms with E-state index in [1.54, 1.807) is 0 Å². The van der Waals surface area contributed by atoms with Crippen LogP contribution >= 0.6 is 46.4 Å². The molecule has 0 aliphatic carbocycles. The first-order chi connectivity index (χ1) is 10.5. The Morgan fingerprint density at radius 3 is 1.70 bits per heavy atom. The standard InChI is InChI=1S/C10H12Cl4O9/c11-6(12)9(20)22-4(3(17)2(16)1-15)5(8(18)19)23-10(21)7(13)14/h2-7,15-17H,1H2,(H,18,19)/t2-,3-,4+,5-/m1/s1. The van der Waals surface area contributed by atoms with Gasteiger partial charge < -0.3 is 29.9 Å². The highest BCUT2D eigenvalue weighted by Gasteiger charge is 2.43. The fraction of sp³-hybridized carbons (Fsp3) is 0.700. The van der Waals surface area contributed by atoms with Crippen LogP contribution in [0.1, 0.15) is 0 Å². The molecule has 4 atom stereocenters. The van der Waals surface area contributed by atoms with Crippen LogP contribution in [0.5, 0.6) is 0 Å². The fourth-order valence-electron chi connectivity index (χ4n) is 1.26. The number of rotatable bonds is 9. The van der Waals surface area contributed by atoms with Crippen molar-refractivity contribution < 1.29 is 44.3 Å². The van der Waals surface area contributed by atoms with Crippen LogP contribution < -0.4 is 0 Å². The summed E-state index contributed by atoms with van der Waals surface area (Å²) in [6, 6.07) is 0. The maximum absolute atomic E-state index is 11.4. The second kappa shape index (κ2) is 10.3. The highest BCUT2D eigenvalue weighted by molar-refractivity contribution is 6.53. The molecule has 23 heavy (non-hydrogen) atoms. The molecule has 13 heteroatoms. The summed E-state index contributed by atoms with van der Waals surface area (Å²) in [4.78, 5) is 30.4. The van der Waals surface area contributed by atoms with Gasteiger partial charge in [-0.3, -0.25) is 0 Å². The summed E-state index contributed by atoms with van der Waals surface area (Å²) in [5.74, 6) is -4.67. The van der Waals surface area contributed by atoms with Gasteiger partial charge in [-0.1, -0.05) is 46.4 Å². The van der Waals surface area contributed by atoms with Crippen LogP contribution in [-0.4, -0.2) is 79.0 Å². The van der Waals surface area contributed by atoms with E-state index in [-0.39, 0.29) is 0 Å². The first-order valence-electron chi connectivity index (χ1n) is 5.70. The molecule has 0 saturated carbocycles. The van der Waals surface area contributed by atoms with Gasteiger partial charge in [0.05, 0.1) is 6.61 Å². The molecular formula is C10H12Cl4O9. The summed E-state index contributed by atoms with van der Waals surface area (Å²) >= 11 is 20.9. The number of halogens is 4. The Morgan fingerprint density at radius 1 is 0.913 bits per heavy atom. The molecule has 0 amide bonds. The molecule has 0 aromatic heterocycles. The number of alkyl halides is 4. The van der Waals surface area contributed by atoms with E-state index < -0.39 is 58.6 Å². The maximum Gasteiger partial charge on any atom is 0.349 e. The number of ether oxygens (including phenoxy) is 2. The first kappa shape index (κ1) is 22.4. The normalized spacial score (nSPS) is 16.6. The van der Waals surface area contributed by atoms with Gasteiger partial charge >= 0.3 is 17.9 Å². The Bertz CT molecular complexity index is 431. The van der Waals surface area contributed by atoms with Crippen LogP contribution in [0.15, 0.2) is 0 Å². The lowest BCUT2D eigenvalue weighted by Gasteiger charge is -2.30. The Balaban J connectivity index is 5.50. The zero-order valence-corrected chi connectivity index (χ0v) is 14.0. The lowest BCUT2D eigenvalue weighted by molar-refractivity contribution is -0.192. The molecule has 0 heterocycles. The van der Waals surface area contributed by atoms with Gasteiger partial charge in [0.1, 0.15) is 12.2 Å². The van der Waals surface area contributed by atoms with Crippen molar-refractivity contribution >= 4 is 64.3 Å². The van der Waals surface area contributed by atoms with Gasteiger partial charge in [-0.25, -0.2) is 14.4 Å². The Hall–Kier alpha value is -0.550. The van der Waals surface area contributed by atoms with Gasteiger partial charge in [0.25, 0.3) is 0 Å². The summed E-state index contributed by atoms with van der Waals surface area (Å²) in [6.45, 7) is -1.02. The minimum atomic E-state index is -2.31. The van der Waals surface area contributed by atoms with Crippen molar-refractivity contribution in [3.63, 3.8) is 0 Å². The largest absolute Gasteiger partial charge is 0.478 e. The molecule has 0 spiro atoms. The minimum Gasteiger partial charge on any atom is -0.478 e. The van der Waals surface area contributed by atoms with Gasteiger partial charge in [0.2, 0.25) is 15.8 Å². The van der Waals surface area contributed by atoms with Crippen molar-refractivity contribution in [3.8, 4) is 0 Å². The molecule has 0 bridgehead atoms. The van der Waals surface area contributed by atoms with Crippen molar-refractivity contribution in [1.29, 1.82) is 0 Å². The average molecular weight is 418 g/mol. The smallest absolute Gasteiger partial charge is 0.349 e. The van der Waals surface area contributed by atoms with E-state index in [1.807, 2.05) is 0 Å². The van der Waals surface area contributed by atoms with E-state index in [4.69, 9.17) is 56.6 Å². The van der Waals surface area contributed by atoms with E-state index in [0.717, 1.165) is 0 Å². The molecule has 134 valence electrons. The average Bonchev–Trinajstić information content (AvgIpc) is 2.47. The molecule has 9 nitrogen and oxygen atoms in total. The number of hydrogen-bond acceptors (Lipinski definition) is 8. The number of carboxylic acids is 1. The van der Waals surface area contributed by atoms with Gasteiger partial charge in [-0.05, 0) is 0 Å². The predicted molar refractivity (Wildman–Crippen MR) is 77.5 cm³/mol. The summed E-state index contributed by atoms with van der Waals surface area (Å²) < 4.78 is 8.95. The zero-order chi connectivity index (χ0) is 18.3. The van der Waals surface area contributed by atoms with E-state index in [0.29, 0.717) is 0 Å². The fourth-order valence-corrected chi connectivity index (χ4v) is 1.46. The van der Waals surface area contributed by atoms with Crippen molar-refractivity contribution in [1.82, 2.24) is 0 Å². The molecule has 0 aromatic rings. The van der Waals surface area contributed by atoms with Gasteiger partial charge in [-0.2, -0.15) is 0 Å². The highest BCUT2D eigenvalue weighted by atomic mass is 35.5. The lowest BCUT2D eigenvalue weighted by atomic mass is 10.0. The molecular weight excluding hydrogens is 406 g/mol. The SMILES string of the molecule is O=C(O[C@@H]([C@H](O)[C@H](O)CO)[C@@H](OC(=O)C(Cl)Cl)C(=O)O)C(Cl)Cl. The van der Waals surface area contributed by atoms with Gasteiger partial charge in [0, 0.05) is 0 Å². The third kappa shape index (κ3) is 7.25. The topological polar surface area (TPSA) is 151 Å². The van der Waals surface area contributed by atoms with Crippen molar-refractivity contribution in [2.24, 2.45) is 0 Å². The van der Waals surface area contributed by atoms with E-state index in [9.17, 15) is 24.6 Å². The quantitative estimate of drug-likeness (QED) is 0.279. The van der Waals surface area contributed by atoms with E-state index in [1.165, 1.54) is 0 Å². The maximum atomic E-state index is 11.4. The van der Waals surface area contributed by atoms with Crippen molar-refractivity contribution in [2.45, 2.75) is 34.1 Å². The van der Waals surface area contributed by atoms with E-state index in [2.05, 4.69) is 9.47 Å². The molecule has 0 saturated heterocycles. The summed E-state index contributed by atoms with van der Waals surface area (Å²) in [7, 11) is 0. The van der Waals surface area contributed by atoms with Gasteiger partial charge in [-0.15, -0.1) is 0 Å². The predicted octanol–water partition coefficient (Wildman–Crippen LogP) is -0.784. The van der Waals surface area contributed by atoms with Gasteiger partial charge in [0.15, 0.2) is 6.10 Å². The molecule has 0 aliphatic heterocycles. The Kier molecular flexibility index (Phi) is 10.1. The highest BCUT2D eigenvalue weighted by Crippen LogP contribution is 2.18. The second-order valence-electron chi connectivity index (χ2n) is 3.94. The second-order valence-corrected chi connectivity index (χ2v) is 6.13. The van der Waals surface area contributed by atoms with Crippen LogP contribution in [0.4, 0.5) is 0 Å². The van der Waals surface area contributed by atoms with Crippen LogP contribution in [0, 0.1) is 0 Å².